The number of carbonyl (C=O) groups excluding carboxylic acids is 2. The molecule has 0 radical (unpaired) electrons. The number of rotatable bonds is 7. The highest BCUT2D eigenvalue weighted by atomic mass is 35.5. The molecule has 0 bridgehead atoms. The molecule has 1 saturated heterocycles. The van der Waals surface area contributed by atoms with Crippen LogP contribution < -0.4 is 11.1 Å². The van der Waals surface area contributed by atoms with Crippen molar-refractivity contribution in [3.8, 4) is 0 Å². The quantitative estimate of drug-likeness (QED) is 0.737. The van der Waals surface area contributed by atoms with E-state index in [-0.39, 0.29) is 17.7 Å². The highest BCUT2D eigenvalue weighted by Gasteiger charge is 2.23. The van der Waals surface area contributed by atoms with Crippen molar-refractivity contribution in [3.05, 3.63) is 51.2 Å². The first-order valence-electron chi connectivity index (χ1n) is 9.14. The molecule has 0 saturated carbocycles. The molecule has 2 amide bonds. The summed E-state index contributed by atoms with van der Waals surface area (Å²) >= 11 is 7.41. The van der Waals surface area contributed by atoms with E-state index in [1.165, 1.54) is 11.3 Å². The summed E-state index contributed by atoms with van der Waals surface area (Å²) in [5, 5.41) is 2.93. The molecule has 1 aliphatic heterocycles. The number of benzene rings is 1. The van der Waals surface area contributed by atoms with Gasteiger partial charge in [-0.05, 0) is 55.6 Å². The van der Waals surface area contributed by atoms with E-state index in [0.717, 1.165) is 52.9 Å². The zero-order valence-corrected chi connectivity index (χ0v) is 16.7. The number of nitrogens with zero attached hydrogens (tertiary/aromatic N) is 1. The van der Waals surface area contributed by atoms with Gasteiger partial charge in [-0.3, -0.25) is 14.5 Å². The lowest BCUT2D eigenvalue weighted by molar-refractivity contribution is -0.123. The Kier molecular flexibility index (Phi) is 6.88. The van der Waals surface area contributed by atoms with Gasteiger partial charge in [-0.25, -0.2) is 0 Å². The van der Waals surface area contributed by atoms with Gasteiger partial charge in [0.05, 0.1) is 10.3 Å². The van der Waals surface area contributed by atoms with E-state index in [1.54, 1.807) is 0 Å². The highest BCUT2D eigenvalue weighted by molar-refractivity contribution is 7.16. The van der Waals surface area contributed by atoms with E-state index in [1.807, 2.05) is 36.4 Å². The van der Waals surface area contributed by atoms with Gasteiger partial charge >= 0.3 is 0 Å². The summed E-state index contributed by atoms with van der Waals surface area (Å²) in [4.78, 5) is 26.9. The maximum Gasteiger partial charge on any atom is 0.224 e. The number of piperidine rings is 1. The Morgan fingerprint density at radius 1 is 1.22 bits per heavy atom. The first kappa shape index (κ1) is 19.9. The molecule has 1 aromatic carbocycles. The lowest BCUT2D eigenvalue weighted by Crippen LogP contribution is -2.40. The molecule has 1 aliphatic rings. The number of nitrogens with two attached hydrogens (primary N) is 1. The number of primary amides is 1. The predicted molar refractivity (Wildman–Crippen MR) is 110 cm³/mol. The SMILES string of the molecule is NC(=O)C1CCCN(Cc2ccc(NC(=O)CCc3ccc(Cl)s3)cc2)C1. The molecule has 27 heavy (non-hydrogen) atoms. The fourth-order valence-electron chi connectivity index (χ4n) is 3.33. The largest absolute Gasteiger partial charge is 0.369 e. The second-order valence-corrected chi connectivity index (χ2v) is 8.73. The molecule has 7 heteroatoms. The molecule has 0 aliphatic carbocycles. The molecular formula is C20H24ClN3O2S. The minimum Gasteiger partial charge on any atom is -0.369 e. The summed E-state index contributed by atoms with van der Waals surface area (Å²) in [6, 6.07) is 11.7. The minimum absolute atomic E-state index is 0.00685. The molecule has 144 valence electrons. The van der Waals surface area contributed by atoms with E-state index in [9.17, 15) is 9.59 Å². The van der Waals surface area contributed by atoms with E-state index >= 15 is 0 Å². The Labute approximate surface area is 168 Å². The van der Waals surface area contributed by atoms with Crippen molar-refractivity contribution in [1.29, 1.82) is 0 Å². The molecule has 0 spiro atoms. The number of hydrogen-bond acceptors (Lipinski definition) is 4. The van der Waals surface area contributed by atoms with Crippen LogP contribution in [0.3, 0.4) is 0 Å². The summed E-state index contributed by atoms with van der Waals surface area (Å²) in [7, 11) is 0. The second-order valence-electron chi connectivity index (χ2n) is 6.93. The molecule has 5 nitrogen and oxygen atoms in total. The zero-order chi connectivity index (χ0) is 19.2. The molecule has 1 fully saturated rings. The normalized spacial score (nSPS) is 17.6. The maximum absolute atomic E-state index is 12.1. The van der Waals surface area contributed by atoms with Crippen molar-refractivity contribution in [1.82, 2.24) is 4.90 Å². The molecule has 1 aromatic heterocycles. The maximum atomic E-state index is 12.1. The Balaban J connectivity index is 1.46. The molecule has 2 heterocycles. The first-order valence-corrected chi connectivity index (χ1v) is 10.3. The summed E-state index contributed by atoms with van der Waals surface area (Å²) in [6.07, 6.45) is 3.00. The minimum atomic E-state index is -0.206. The van der Waals surface area contributed by atoms with Crippen molar-refractivity contribution in [2.45, 2.75) is 32.2 Å². The van der Waals surface area contributed by atoms with Crippen molar-refractivity contribution in [2.24, 2.45) is 11.7 Å². The van der Waals surface area contributed by atoms with Crippen LogP contribution >= 0.6 is 22.9 Å². The number of nitrogens with one attached hydrogen (secondary N) is 1. The van der Waals surface area contributed by atoms with Crippen LogP contribution in [0.2, 0.25) is 4.34 Å². The molecular weight excluding hydrogens is 382 g/mol. The van der Waals surface area contributed by atoms with Crippen LogP contribution in [-0.2, 0) is 22.6 Å². The van der Waals surface area contributed by atoms with Gasteiger partial charge in [0.15, 0.2) is 0 Å². The van der Waals surface area contributed by atoms with Crippen LogP contribution in [-0.4, -0.2) is 29.8 Å². The summed E-state index contributed by atoms with van der Waals surface area (Å²) in [5.41, 5.74) is 7.39. The Morgan fingerprint density at radius 2 is 2.00 bits per heavy atom. The van der Waals surface area contributed by atoms with E-state index in [0.29, 0.717) is 12.8 Å². The number of hydrogen-bond donors (Lipinski definition) is 2. The fourth-order valence-corrected chi connectivity index (χ4v) is 4.42. The lowest BCUT2D eigenvalue weighted by Gasteiger charge is -2.31. The number of likely N-dealkylation sites (tertiary alicyclic amines) is 1. The Bertz CT molecular complexity index is 791. The number of anilines is 1. The van der Waals surface area contributed by atoms with Crippen molar-refractivity contribution < 1.29 is 9.59 Å². The second kappa shape index (κ2) is 9.35. The number of halogens is 1. The Hall–Kier alpha value is -1.89. The van der Waals surface area contributed by atoms with Gasteiger partial charge in [-0.2, -0.15) is 0 Å². The standard InChI is InChI=1S/C20H24ClN3O2S/c21-18-9-7-17(27-18)8-10-19(25)23-16-5-3-14(4-6-16)12-24-11-1-2-15(13-24)20(22)26/h3-7,9,15H,1-2,8,10-13H2,(H2,22,26)(H,23,25). The third-order valence-corrected chi connectivity index (χ3v) is 6.07. The molecule has 2 aromatic rings. The number of amides is 2. The van der Waals surface area contributed by atoms with Gasteiger partial charge in [0.25, 0.3) is 0 Å². The van der Waals surface area contributed by atoms with Gasteiger partial charge in [0, 0.05) is 30.1 Å². The van der Waals surface area contributed by atoms with E-state index in [2.05, 4.69) is 10.2 Å². The third kappa shape index (κ3) is 6.06. The predicted octanol–water partition coefficient (Wildman–Crippen LogP) is 3.67. The summed E-state index contributed by atoms with van der Waals surface area (Å²) in [6.45, 7) is 2.49. The molecule has 1 atom stereocenters. The van der Waals surface area contributed by atoms with Gasteiger partial charge in [0.2, 0.25) is 11.8 Å². The monoisotopic (exact) mass is 405 g/mol. The van der Waals surface area contributed by atoms with Crippen LogP contribution in [0.5, 0.6) is 0 Å². The van der Waals surface area contributed by atoms with Crippen LogP contribution in [0.15, 0.2) is 36.4 Å². The smallest absolute Gasteiger partial charge is 0.224 e. The third-order valence-electron chi connectivity index (χ3n) is 4.78. The van der Waals surface area contributed by atoms with Gasteiger partial charge in [-0.1, -0.05) is 23.7 Å². The Morgan fingerprint density at radius 3 is 2.67 bits per heavy atom. The van der Waals surface area contributed by atoms with Crippen LogP contribution in [0, 0.1) is 5.92 Å². The number of thiophene rings is 1. The fraction of sp³-hybridized carbons (Fsp3) is 0.400. The highest BCUT2D eigenvalue weighted by Crippen LogP contribution is 2.23. The molecule has 3 rings (SSSR count). The molecule has 3 N–H and O–H groups in total. The van der Waals surface area contributed by atoms with Crippen molar-refractivity contribution in [3.63, 3.8) is 0 Å². The molecule has 1 unspecified atom stereocenters. The summed E-state index contributed by atoms with van der Waals surface area (Å²) in [5.74, 6) is -0.259. The first-order chi connectivity index (χ1) is 13.0. The van der Waals surface area contributed by atoms with Crippen molar-refractivity contribution in [2.75, 3.05) is 18.4 Å². The topological polar surface area (TPSA) is 75.4 Å². The average molecular weight is 406 g/mol. The van der Waals surface area contributed by atoms with Crippen LogP contribution in [0.4, 0.5) is 5.69 Å². The van der Waals surface area contributed by atoms with Crippen LogP contribution in [0.1, 0.15) is 29.7 Å². The summed E-state index contributed by atoms with van der Waals surface area (Å²) < 4.78 is 0.747. The van der Waals surface area contributed by atoms with Gasteiger partial charge < -0.3 is 11.1 Å². The number of aryl methyl sites for hydroxylation is 1. The lowest BCUT2D eigenvalue weighted by atomic mass is 9.97. The van der Waals surface area contributed by atoms with Gasteiger partial charge in [-0.15, -0.1) is 11.3 Å². The van der Waals surface area contributed by atoms with E-state index in [4.69, 9.17) is 17.3 Å². The zero-order valence-electron chi connectivity index (χ0n) is 15.1. The number of carbonyl (C=O) groups is 2. The van der Waals surface area contributed by atoms with Gasteiger partial charge in [0.1, 0.15) is 0 Å². The van der Waals surface area contributed by atoms with Crippen molar-refractivity contribution >= 4 is 40.4 Å². The van der Waals surface area contributed by atoms with Crippen LogP contribution in [0.25, 0.3) is 0 Å². The van der Waals surface area contributed by atoms with E-state index < -0.39 is 0 Å². The average Bonchev–Trinajstić information content (AvgIpc) is 3.07.